The summed E-state index contributed by atoms with van der Waals surface area (Å²) in [5.74, 6) is -0.221. The number of nitrogens with zero attached hydrogens (tertiary/aromatic N) is 3. The first kappa shape index (κ1) is 16.0. The van der Waals surface area contributed by atoms with Crippen LogP contribution in [-0.2, 0) is 17.9 Å². The molecule has 0 saturated carbocycles. The highest BCUT2D eigenvalue weighted by Crippen LogP contribution is 2.30. The summed E-state index contributed by atoms with van der Waals surface area (Å²) in [6, 6.07) is 4.31. The van der Waals surface area contributed by atoms with Gasteiger partial charge in [0.2, 0.25) is 0 Å². The number of benzene rings is 1. The lowest BCUT2D eigenvalue weighted by molar-refractivity contribution is 0.131. The molecule has 3 rings (SSSR count). The molecule has 7 heteroatoms. The molecule has 2 aromatic rings. The van der Waals surface area contributed by atoms with Gasteiger partial charge in [0.1, 0.15) is 6.61 Å². The van der Waals surface area contributed by atoms with Crippen molar-refractivity contribution in [3.8, 4) is 0 Å². The monoisotopic (exact) mass is 322 g/mol. The van der Waals surface area contributed by atoms with Crippen molar-refractivity contribution in [3.05, 3.63) is 47.0 Å². The fourth-order valence-corrected chi connectivity index (χ4v) is 3.02. The Balaban J connectivity index is 1.79. The van der Waals surface area contributed by atoms with Gasteiger partial charge < -0.3 is 4.74 Å². The zero-order valence-corrected chi connectivity index (χ0v) is 13.1. The van der Waals surface area contributed by atoms with E-state index in [1.165, 1.54) is 6.07 Å². The number of halogens is 2. The van der Waals surface area contributed by atoms with E-state index >= 15 is 0 Å². The number of rotatable bonds is 5. The van der Waals surface area contributed by atoms with Crippen LogP contribution in [0.15, 0.2) is 18.2 Å². The average Bonchev–Trinajstić information content (AvgIpc) is 3.01. The summed E-state index contributed by atoms with van der Waals surface area (Å²) in [7, 11) is 1.60. The van der Waals surface area contributed by atoms with E-state index in [1.807, 2.05) is 0 Å². The first-order chi connectivity index (χ1) is 11.2. The predicted octanol–water partition coefficient (Wildman–Crippen LogP) is 2.96. The van der Waals surface area contributed by atoms with Crippen LogP contribution in [-0.4, -0.2) is 33.7 Å². The zero-order chi connectivity index (χ0) is 16.2. The molecule has 1 fully saturated rings. The van der Waals surface area contributed by atoms with Gasteiger partial charge in [-0.15, -0.1) is 0 Å². The Morgan fingerprint density at radius 1 is 1.35 bits per heavy atom. The van der Waals surface area contributed by atoms with Crippen LogP contribution in [0.25, 0.3) is 0 Å². The van der Waals surface area contributed by atoms with Crippen molar-refractivity contribution in [1.29, 1.82) is 0 Å². The van der Waals surface area contributed by atoms with Crippen LogP contribution in [0.5, 0.6) is 0 Å². The second-order valence-corrected chi connectivity index (χ2v) is 5.77. The van der Waals surface area contributed by atoms with Gasteiger partial charge in [-0.25, -0.2) is 13.8 Å². The number of aromatic nitrogens is 3. The summed E-state index contributed by atoms with van der Waals surface area (Å²) in [5, 5.41) is 7.13. The Morgan fingerprint density at radius 3 is 3.04 bits per heavy atom. The molecule has 0 aliphatic carbocycles. The van der Waals surface area contributed by atoms with E-state index in [4.69, 9.17) is 4.74 Å². The van der Waals surface area contributed by atoms with E-state index in [1.54, 1.807) is 13.2 Å². The molecule has 1 aromatic carbocycles. The largest absolute Gasteiger partial charge is 0.377 e. The fourth-order valence-electron chi connectivity index (χ4n) is 3.02. The minimum absolute atomic E-state index is 0.00766. The van der Waals surface area contributed by atoms with Crippen molar-refractivity contribution in [2.24, 2.45) is 0 Å². The number of methoxy groups -OCH3 is 1. The van der Waals surface area contributed by atoms with E-state index in [0.29, 0.717) is 30.4 Å². The molecule has 1 N–H and O–H groups in total. The lowest BCUT2D eigenvalue weighted by atomic mass is 10.0. The van der Waals surface area contributed by atoms with Crippen LogP contribution in [0, 0.1) is 11.6 Å². The molecule has 1 aliphatic heterocycles. The van der Waals surface area contributed by atoms with Crippen LogP contribution in [0.3, 0.4) is 0 Å². The first-order valence-electron chi connectivity index (χ1n) is 7.76. The molecular weight excluding hydrogens is 302 g/mol. The number of aromatic amines is 1. The molecule has 0 spiro atoms. The number of likely N-dealkylation sites (tertiary alicyclic amines) is 1. The number of hydrogen-bond donors (Lipinski definition) is 1. The molecule has 1 aliphatic rings. The summed E-state index contributed by atoms with van der Waals surface area (Å²) in [6.07, 6.45) is 3.00. The molecule has 0 bridgehead atoms. The maximum absolute atomic E-state index is 13.9. The molecule has 0 radical (unpaired) electrons. The number of hydrogen-bond acceptors (Lipinski definition) is 4. The molecule has 1 saturated heterocycles. The Morgan fingerprint density at radius 2 is 2.22 bits per heavy atom. The molecule has 2 heterocycles. The number of piperidine rings is 1. The third kappa shape index (κ3) is 3.56. The molecule has 1 atom stereocenters. The minimum Gasteiger partial charge on any atom is -0.377 e. The van der Waals surface area contributed by atoms with E-state index in [-0.39, 0.29) is 6.04 Å². The van der Waals surface area contributed by atoms with Crippen LogP contribution < -0.4 is 0 Å². The highest BCUT2D eigenvalue weighted by Gasteiger charge is 2.28. The second kappa shape index (κ2) is 7.14. The van der Waals surface area contributed by atoms with Crippen LogP contribution >= 0.6 is 0 Å². The lowest BCUT2D eigenvalue weighted by Gasteiger charge is -2.34. The Labute approximate surface area is 133 Å². The lowest BCUT2D eigenvalue weighted by Crippen LogP contribution is -2.34. The van der Waals surface area contributed by atoms with Crippen molar-refractivity contribution in [2.45, 2.75) is 38.5 Å². The standard InChI is InChI=1S/C16H20F2N4O/c1-23-10-14-19-16(21-20-14)13-7-2-3-8-22(13)9-11-5-4-6-12(17)15(11)18/h4-6,13H,2-3,7-10H2,1H3,(H,19,20,21)/t13-/m1/s1. The Kier molecular flexibility index (Phi) is 4.97. The summed E-state index contributed by atoms with van der Waals surface area (Å²) in [6.45, 7) is 1.54. The SMILES string of the molecule is COCc1nc([C@H]2CCCCN2Cc2cccc(F)c2F)n[nH]1. The predicted molar refractivity (Wildman–Crippen MR) is 80.5 cm³/mol. The maximum atomic E-state index is 13.9. The van der Waals surface area contributed by atoms with Crippen LogP contribution in [0.1, 0.15) is 42.5 Å². The quantitative estimate of drug-likeness (QED) is 0.919. The first-order valence-corrected chi connectivity index (χ1v) is 7.76. The van der Waals surface area contributed by atoms with Gasteiger partial charge in [-0.3, -0.25) is 10.00 Å². The molecule has 23 heavy (non-hydrogen) atoms. The number of nitrogens with one attached hydrogen (secondary N) is 1. The van der Waals surface area contributed by atoms with Crippen molar-refractivity contribution in [2.75, 3.05) is 13.7 Å². The Bertz CT molecular complexity index is 661. The molecule has 0 amide bonds. The van der Waals surface area contributed by atoms with Crippen molar-refractivity contribution < 1.29 is 13.5 Å². The number of H-pyrrole nitrogens is 1. The van der Waals surface area contributed by atoms with Crippen molar-refractivity contribution >= 4 is 0 Å². The summed E-state index contributed by atoms with van der Waals surface area (Å²) in [4.78, 5) is 6.57. The van der Waals surface area contributed by atoms with E-state index in [2.05, 4.69) is 20.1 Å². The van der Waals surface area contributed by atoms with Crippen molar-refractivity contribution in [3.63, 3.8) is 0 Å². The minimum atomic E-state index is -0.809. The molecule has 0 unspecified atom stereocenters. The van der Waals surface area contributed by atoms with Crippen LogP contribution in [0.4, 0.5) is 8.78 Å². The molecule has 124 valence electrons. The summed E-state index contributed by atoms with van der Waals surface area (Å²) >= 11 is 0. The molecular formula is C16H20F2N4O. The topological polar surface area (TPSA) is 54.0 Å². The van der Waals surface area contributed by atoms with Gasteiger partial charge in [0.25, 0.3) is 0 Å². The maximum Gasteiger partial charge on any atom is 0.167 e. The van der Waals surface area contributed by atoms with Gasteiger partial charge in [0.15, 0.2) is 23.3 Å². The molecule has 5 nitrogen and oxygen atoms in total. The second-order valence-electron chi connectivity index (χ2n) is 5.77. The highest BCUT2D eigenvalue weighted by molar-refractivity contribution is 5.19. The summed E-state index contributed by atoms with van der Waals surface area (Å²) < 4.78 is 32.4. The summed E-state index contributed by atoms with van der Waals surface area (Å²) in [5.41, 5.74) is 0.365. The Hall–Kier alpha value is -1.86. The fraction of sp³-hybridized carbons (Fsp3) is 0.500. The third-order valence-electron chi connectivity index (χ3n) is 4.15. The van der Waals surface area contributed by atoms with Crippen molar-refractivity contribution in [1.82, 2.24) is 20.1 Å². The van der Waals surface area contributed by atoms with Gasteiger partial charge in [-0.05, 0) is 25.5 Å². The van der Waals surface area contributed by atoms with Gasteiger partial charge >= 0.3 is 0 Å². The van der Waals surface area contributed by atoms with Gasteiger partial charge in [0.05, 0.1) is 6.04 Å². The van der Waals surface area contributed by atoms with Crippen LogP contribution in [0.2, 0.25) is 0 Å². The zero-order valence-electron chi connectivity index (χ0n) is 13.1. The average molecular weight is 322 g/mol. The van der Waals surface area contributed by atoms with Gasteiger partial charge in [0, 0.05) is 19.2 Å². The smallest absolute Gasteiger partial charge is 0.167 e. The normalized spacial score (nSPS) is 19.2. The third-order valence-corrected chi connectivity index (χ3v) is 4.15. The van der Waals surface area contributed by atoms with Gasteiger partial charge in [-0.1, -0.05) is 18.6 Å². The van der Waals surface area contributed by atoms with E-state index < -0.39 is 11.6 Å². The number of ether oxygens (including phenoxy) is 1. The molecule has 1 aromatic heterocycles. The van der Waals surface area contributed by atoms with E-state index in [0.717, 1.165) is 31.9 Å². The highest BCUT2D eigenvalue weighted by atomic mass is 19.2. The van der Waals surface area contributed by atoms with E-state index in [9.17, 15) is 8.78 Å². The van der Waals surface area contributed by atoms with Gasteiger partial charge in [-0.2, -0.15) is 5.10 Å².